The molecule has 2 heteroatoms. The van der Waals surface area contributed by atoms with Gasteiger partial charge in [0, 0.05) is 22.3 Å². The Morgan fingerprint density at radius 3 is 2.53 bits per heavy atom. The van der Waals surface area contributed by atoms with Crippen molar-refractivity contribution in [1.82, 2.24) is 5.32 Å². The Bertz CT molecular complexity index is 322. The smallest absolute Gasteiger partial charge is 0.0302 e. The van der Waals surface area contributed by atoms with Crippen molar-refractivity contribution in [3.05, 3.63) is 21.9 Å². The van der Waals surface area contributed by atoms with Gasteiger partial charge in [0.05, 0.1) is 0 Å². The maximum absolute atomic E-state index is 3.61. The fraction of sp³-hybridized carbons (Fsp3) is 0.733. The summed E-state index contributed by atoms with van der Waals surface area (Å²) in [7, 11) is 0. The molecule has 0 aliphatic rings. The van der Waals surface area contributed by atoms with Crippen molar-refractivity contribution in [2.24, 2.45) is 0 Å². The second-order valence-electron chi connectivity index (χ2n) is 5.94. The van der Waals surface area contributed by atoms with E-state index in [-0.39, 0.29) is 5.41 Å². The molecule has 0 saturated heterocycles. The van der Waals surface area contributed by atoms with Gasteiger partial charge < -0.3 is 5.32 Å². The Hall–Kier alpha value is -0.340. The molecule has 0 aliphatic carbocycles. The average molecular weight is 253 g/mol. The zero-order chi connectivity index (χ0) is 12.9. The minimum Gasteiger partial charge on any atom is -0.309 e. The van der Waals surface area contributed by atoms with Crippen LogP contribution in [0.3, 0.4) is 0 Å². The summed E-state index contributed by atoms with van der Waals surface area (Å²) in [5, 5.41) is 3.61. The predicted molar refractivity (Wildman–Crippen MR) is 78.8 cm³/mol. The second-order valence-corrected chi connectivity index (χ2v) is 7.11. The van der Waals surface area contributed by atoms with Crippen LogP contribution in [0, 0.1) is 0 Å². The molecule has 1 nitrogen and oxygen atoms in total. The van der Waals surface area contributed by atoms with Crippen LogP contribution >= 0.6 is 11.3 Å². The zero-order valence-corrected chi connectivity index (χ0v) is 12.8. The van der Waals surface area contributed by atoms with Crippen LogP contribution < -0.4 is 5.32 Å². The van der Waals surface area contributed by atoms with Crippen molar-refractivity contribution in [3.8, 4) is 0 Å². The first-order chi connectivity index (χ1) is 7.93. The molecule has 0 amide bonds. The first-order valence-corrected chi connectivity index (χ1v) is 7.57. The molecule has 1 atom stereocenters. The number of thiophene rings is 1. The van der Waals surface area contributed by atoms with Crippen LogP contribution in [0.1, 0.15) is 63.6 Å². The topological polar surface area (TPSA) is 12.0 Å². The Morgan fingerprint density at radius 1 is 1.29 bits per heavy atom. The third kappa shape index (κ3) is 5.22. The summed E-state index contributed by atoms with van der Waals surface area (Å²) < 4.78 is 0. The molecule has 1 unspecified atom stereocenters. The molecule has 17 heavy (non-hydrogen) atoms. The standard InChI is InChI=1S/C15H27NS/c1-6-7-8-12(2)16-11-13-9-10-14(17-13)15(3,4)5/h9-10,12,16H,6-8,11H2,1-5H3. The van der Waals surface area contributed by atoms with Crippen LogP contribution in [0.25, 0.3) is 0 Å². The lowest BCUT2D eigenvalue weighted by Gasteiger charge is -2.15. The van der Waals surface area contributed by atoms with Crippen molar-refractivity contribution >= 4 is 11.3 Å². The molecule has 1 heterocycles. The van der Waals surface area contributed by atoms with Crippen LogP contribution in [0.15, 0.2) is 12.1 Å². The van der Waals surface area contributed by atoms with Gasteiger partial charge in [0.15, 0.2) is 0 Å². The molecular weight excluding hydrogens is 226 g/mol. The van der Waals surface area contributed by atoms with Crippen molar-refractivity contribution < 1.29 is 0 Å². The minimum atomic E-state index is 0.288. The van der Waals surface area contributed by atoms with Crippen LogP contribution in [0.5, 0.6) is 0 Å². The maximum Gasteiger partial charge on any atom is 0.0302 e. The molecular formula is C15H27NS. The Balaban J connectivity index is 2.40. The van der Waals surface area contributed by atoms with Gasteiger partial charge in [-0.3, -0.25) is 0 Å². The van der Waals surface area contributed by atoms with Crippen LogP contribution in [-0.4, -0.2) is 6.04 Å². The normalized spacial score (nSPS) is 13.9. The van der Waals surface area contributed by atoms with Crippen LogP contribution in [0.2, 0.25) is 0 Å². The molecule has 98 valence electrons. The SMILES string of the molecule is CCCCC(C)NCc1ccc(C(C)(C)C)s1. The van der Waals surface area contributed by atoms with E-state index in [4.69, 9.17) is 0 Å². The van der Waals surface area contributed by atoms with E-state index < -0.39 is 0 Å². The lowest BCUT2D eigenvalue weighted by Crippen LogP contribution is -2.24. The molecule has 1 aromatic heterocycles. The van der Waals surface area contributed by atoms with E-state index >= 15 is 0 Å². The summed E-state index contributed by atoms with van der Waals surface area (Å²) >= 11 is 1.94. The second kappa shape index (κ2) is 6.55. The summed E-state index contributed by atoms with van der Waals surface area (Å²) in [4.78, 5) is 2.94. The third-order valence-electron chi connectivity index (χ3n) is 3.02. The molecule has 0 fully saturated rings. The summed E-state index contributed by atoms with van der Waals surface area (Å²) in [6.45, 7) is 12.4. The Labute approximate surface area is 111 Å². The van der Waals surface area contributed by atoms with E-state index in [0.717, 1.165) is 6.54 Å². The highest BCUT2D eigenvalue weighted by atomic mass is 32.1. The van der Waals surface area contributed by atoms with E-state index in [1.54, 1.807) is 0 Å². The minimum absolute atomic E-state index is 0.288. The van der Waals surface area contributed by atoms with Crippen molar-refractivity contribution in [2.45, 2.75) is 71.9 Å². The van der Waals surface area contributed by atoms with Crippen LogP contribution in [-0.2, 0) is 12.0 Å². The molecule has 1 N–H and O–H groups in total. The van der Waals surface area contributed by atoms with E-state index in [1.165, 1.54) is 29.0 Å². The van der Waals surface area contributed by atoms with E-state index in [1.807, 2.05) is 11.3 Å². The number of hydrogen-bond donors (Lipinski definition) is 1. The summed E-state index contributed by atoms with van der Waals surface area (Å²) in [5.74, 6) is 0. The van der Waals surface area contributed by atoms with Gasteiger partial charge in [0.1, 0.15) is 0 Å². The van der Waals surface area contributed by atoms with Gasteiger partial charge in [-0.25, -0.2) is 0 Å². The number of hydrogen-bond acceptors (Lipinski definition) is 2. The number of rotatable bonds is 6. The van der Waals surface area contributed by atoms with Gasteiger partial charge in [-0.15, -0.1) is 11.3 Å². The summed E-state index contributed by atoms with van der Waals surface area (Å²) in [5.41, 5.74) is 0.288. The third-order valence-corrected chi connectivity index (χ3v) is 4.53. The monoisotopic (exact) mass is 253 g/mol. The Morgan fingerprint density at radius 2 is 2.00 bits per heavy atom. The Kier molecular flexibility index (Phi) is 5.68. The number of nitrogens with one attached hydrogen (secondary N) is 1. The summed E-state index contributed by atoms with van der Waals surface area (Å²) in [6, 6.07) is 5.18. The molecule has 0 spiro atoms. The highest BCUT2D eigenvalue weighted by Crippen LogP contribution is 2.29. The lowest BCUT2D eigenvalue weighted by atomic mass is 9.95. The highest BCUT2D eigenvalue weighted by molar-refractivity contribution is 7.12. The zero-order valence-electron chi connectivity index (χ0n) is 12.0. The molecule has 1 rings (SSSR count). The molecule has 0 radical (unpaired) electrons. The van der Waals surface area contributed by atoms with Crippen LogP contribution in [0.4, 0.5) is 0 Å². The van der Waals surface area contributed by atoms with Gasteiger partial charge in [-0.05, 0) is 30.9 Å². The largest absolute Gasteiger partial charge is 0.309 e. The van der Waals surface area contributed by atoms with Crippen molar-refractivity contribution in [1.29, 1.82) is 0 Å². The summed E-state index contributed by atoms with van der Waals surface area (Å²) in [6.07, 6.45) is 3.90. The van der Waals surface area contributed by atoms with E-state index in [0.29, 0.717) is 6.04 Å². The van der Waals surface area contributed by atoms with Crippen molar-refractivity contribution in [2.75, 3.05) is 0 Å². The molecule has 0 bridgehead atoms. The van der Waals surface area contributed by atoms with Gasteiger partial charge in [-0.2, -0.15) is 0 Å². The molecule has 0 aliphatic heterocycles. The first-order valence-electron chi connectivity index (χ1n) is 6.76. The molecule has 0 saturated carbocycles. The molecule has 1 aromatic rings. The first kappa shape index (κ1) is 14.7. The average Bonchev–Trinajstić information content (AvgIpc) is 2.71. The fourth-order valence-electron chi connectivity index (χ4n) is 1.76. The molecule has 0 aromatic carbocycles. The van der Waals surface area contributed by atoms with Crippen molar-refractivity contribution in [3.63, 3.8) is 0 Å². The van der Waals surface area contributed by atoms with Gasteiger partial charge >= 0.3 is 0 Å². The predicted octanol–water partition coefficient (Wildman–Crippen LogP) is 4.71. The highest BCUT2D eigenvalue weighted by Gasteiger charge is 2.15. The quantitative estimate of drug-likeness (QED) is 0.774. The maximum atomic E-state index is 3.61. The van der Waals surface area contributed by atoms with Gasteiger partial charge in [0.25, 0.3) is 0 Å². The lowest BCUT2D eigenvalue weighted by molar-refractivity contribution is 0.497. The van der Waals surface area contributed by atoms with Gasteiger partial charge in [-0.1, -0.05) is 40.5 Å². The van der Waals surface area contributed by atoms with E-state index in [2.05, 4.69) is 52.1 Å². The van der Waals surface area contributed by atoms with Gasteiger partial charge in [0.2, 0.25) is 0 Å². The van der Waals surface area contributed by atoms with E-state index in [9.17, 15) is 0 Å². The fourth-order valence-corrected chi connectivity index (χ4v) is 2.78. The number of unbranched alkanes of at least 4 members (excludes halogenated alkanes) is 1.